The molecule has 0 radical (unpaired) electrons. The molecule has 100 valence electrons. The smallest absolute Gasteiger partial charge is 0.410 e. The summed E-state index contributed by atoms with van der Waals surface area (Å²) >= 11 is 0. The fourth-order valence-corrected chi connectivity index (χ4v) is 1.33. The monoisotopic (exact) mass is 252 g/mol. The summed E-state index contributed by atoms with van der Waals surface area (Å²) in [7, 11) is 1.68. The number of nitrogens with two attached hydrogens (primary N) is 1. The molecule has 1 amide bonds. The zero-order valence-electron chi connectivity index (χ0n) is 11.2. The van der Waals surface area contributed by atoms with E-state index in [0.717, 1.165) is 5.56 Å². The third-order valence-corrected chi connectivity index (χ3v) is 2.09. The molecule has 0 aliphatic heterocycles. The minimum absolute atomic E-state index is 0.367. The van der Waals surface area contributed by atoms with Crippen LogP contribution in [0.5, 0.6) is 0 Å². The van der Waals surface area contributed by atoms with E-state index in [1.54, 1.807) is 19.4 Å². The number of nitrogens with one attached hydrogen (secondary N) is 1. The lowest BCUT2D eigenvalue weighted by Crippen LogP contribution is -2.33. The topological polar surface area (TPSA) is 80.5 Å². The number of pyridine rings is 1. The van der Waals surface area contributed by atoms with E-state index in [4.69, 9.17) is 10.6 Å². The van der Waals surface area contributed by atoms with Crippen LogP contribution in [-0.4, -0.2) is 28.6 Å². The highest BCUT2D eigenvalue weighted by molar-refractivity contribution is 5.67. The van der Waals surface area contributed by atoms with Gasteiger partial charge in [0, 0.05) is 13.2 Å². The van der Waals surface area contributed by atoms with Crippen LogP contribution in [0.2, 0.25) is 0 Å². The molecular weight excluding hydrogens is 232 g/mol. The van der Waals surface area contributed by atoms with Crippen molar-refractivity contribution in [2.75, 3.05) is 12.5 Å². The van der Waals surface area contributed by atoms with Crippen molar-refractivity contribution in [1.29, 1.82) is 0 Å². The van der Waals surface area contributed by atoms with Gasteiger partial charge >= 0.3 is 6.09 Å². The van der Waals surface area contributed by atoms with E-state index in [1.807, 2.05) is 26.8 Å². The first kappa shape index (κ1) is 14.2. The number of nitrogens with zero attached hydrogens (tertiary/aromatic N) is 2. The number of anilines is 1. The van der Waals surface area contributed by atoms with Gasteiger partial charge in [-0.05, 0) is 32.4 Å². The SMILES string of the molecule is CN(Cc1cncc(NN)c1)C(=O)OC(C)(C)C. The van der Waals surface area contributed by atoms with Gasteiger partial charge < -0.3 is 15.1 Å². The molecule has 1 heterocycles. The number of hydrazine groups is 1. The fraction of sp³-hybridized carbons (Fsp3) is 0.500. The summed E-state index contributed by atoms with van der Waals surface area (Å²) in [6.45, 7) is 5.91. The largest absolute Gasteiger partial charge is 0.444 e. The maximum absolute atomic E-state index is 11.8. The third kappa shape index (κ3) is 4.58. The predicted molar refractivity (Wildman–Crippen MR) is 69.7 cm³/mol. The van der Waals surface area contributed by atoms with Gasteiger partial charge in [-0.1, -0.05) is 0 Å². The molecule has 0 saturated carbocycles. The maximum Gasteiger partial charge on any atom is 0.410 e. The second kappa shape index (κ2) is 5.68. The lowest BCUT2D eigenvalue weighted by Gasteiger charge is -2.24. The quantitative estimate of drug-likeness (QED) is 0.632. The van der Waals surface area contributed by atoms with Crippen LogP contribution in [-0.2, 0) is 11.3 Å². The molecule has 3 N–H and O–H groups in total. The van der Waals surface area contributed by atoms with Crippen LogP contribution in [0, 0.1) is 0 Å². The molecule has 0 fully saturated rings. The number of aromatic nitrogens is 1. The number of nitrogen functional groups attached to an aromatic ring is 1. The highest BCUT2D eigenvalue weighted by Crippen LogP contribution is 2.12. The Balaban J connectivity index is 2.63. The summed E-state index contributed by atoms with van der Waals surface area (Å²) < 4.78 is 5.25. The van der Waals surface area contributed by atoms with Crippen molar-refractivity contribution in [3.05, 3.63) is 24.0 Å². The van der Waals surface area contributed by atoms with Gasteiger partial charge in [-0.15, -0.1) is 0 Å². The normalized spacial score (nSPS) is 10.9. The lowest BCUT2D eigenvalue weighted by molar-refractivity contribution is 0.0285. The van der Waals surface area contributed by atoms with E-state index in [2.05, 4.69) is 10.4 Å². The highest BCUT2D eigenvalue weighted by Gasteiger charge is 2.19. The van der Waals surface area contributed by atoms with Gasteiger partial charge in [0.25, 0.3) is 0 Å². The van der Waals surface area contributed by atoms with Gasteiger partial charge in [0.05, 0.1) is 18.4 Å². The number of rotatable bonds is 3. The molecule has 1 aromatic rings. The van der Waals surface area contributed by atoms with E-state index in [-0.39, 0.29) is 6.09 Å². The Bertz CT molecular complexity index is 415. The zero-order valence-corrected chi connectivity index (χ0v) is 11.2. The van der Waals surface area contributed by atoms with Crippen LogP contribution in [0.1, 0.15) is 26.3 Å². The van der Waals surface area contributed by atoms with E-state index in [9.17, 15) is 4.79 Å². The van der Waals surface area contributed by atoms with E-state index in [0.29, 0.717) is 12.2 Å². The van der Waals surface area contributed by atoms with Crippen LogP contribution in [0.15, 0.2) is 18.5 Å². The molecule has 1 aromatic heterocycles. The molecule has 0 bridgehead atoms. The molecule has 1 rings (SSSR count). The van der Waals surface area contributed by atoms with Crippen molar-refractivity contribution in [3.63, 3.8) is 0 Å². The molecule has 6 heteroatoms. The first-order valence-corrected chi connectivity index (χ1v) is 5.66. The molecule has 0 aliphatic rings. The zero-order chi connectivity index (χ0) is 13.8. The first-order valence-electron chi connectivity index (χ1n) is 5.66. The van der Waals surface area contributed by atoms with Crippen molar-refractivity contribution < 1.29 is 9.53 Å². The van der Waals surface area contributed by atoms with Gasteiger partial charge in [0.2, 0.25) is 0 Å². The predicted octanol–water partition coefficient (Wildman–Crippen LogP) is 1.73. The Morgan fingerprint density at radius 2 is 2.17 bits per heavy atom. The Morgan fingerprint density at radius 1 is 1.50 bits per heavy atom. The van der Waals surface area contributed by atoms with Crippen LogP contribution >= 0.6 is 0 Å². The third-order valence-electron chi connectivity index (χ3n) is 2.09. The summed E-state index contributed by atoms with van der Waals surface area (Å²) in [4.78, 5) is 17.3. The summed E-state index contributed by atoms with van der Waals surface area (Å²) in [6.07, 6.45) is 2.92. The van der Waals surface area contributed by atoms with Gasteiger partial charge in [0.1, 0.15) is 5.60 Å². The van der Waals surface area contributed by atoms with Crippen molar-refractivity contribution in [3.8, 4) is 0 Å². The van der Waals surface area contributed by atoms with Crippen molar-refractivity contribution in [2.45, 2.75) is 32.9 Å². The van der Waals surface area contributed by atoms with Crippen LogP contribution < -0.4 is 11.3 Å². The molecule has 0 aliphatic carbocycles. The molecule has 0 saturated heterocycles. The second-order valence-corrected chi connectivity index (χ2v) is 5.06. The average Bonchev–Trinajstić information content (AvgIpc) is 2.27. The minimum atomic E-state index is -0.496. The Labute approximate surface area is 107 Å². The summed E-state index contributed by atoms with van der Waals surface area (Å²) in [5.74, 6) is 5.30. The fourth-order valence-electron chi connectivity index (χ4n) is 1.33. The molecule has 0 aromatic carbocycles. The molecule has 0 spiro atoms. The van der Waals surface area contributed by atoms with Gasteiger partial charge in [-0.2, -0.15) is 0 Å². The molecule has 0 atom stereocenters. The van der Waals surface area contributed by atoms with E-state index in [1.165, 1.54) is 4.90 Å². The molecule has 18 heavy (non-hydrogen) atoms. The standard InChI is InChI=1S/C12H20N4O2/c1-12(2,3)18-11(17)16(4)8-9-5-10(15-13)7-14-6-9/h5-7,15H,8,13H2,1-4H3. The average molecular weight is 252 g/mol. The summed E-state index contributed by atoms with van der Waals surface area (Å²) in [6, 6.07) is 1.83. The van der Waals surface area contributed by atoms with Crippen LogP contribution in [0.3, 0.4) is 0 Å². The van der Waals surface area contributed by atoms with Crippen LogP contribution in [0.25, 0.3) is 0 Å². The second-order valence-electron chi connectivity index (χ2n) is 5.06. The number of carbonyl (C=O) groups is 1. The van der Waals surface area contributed by atoms with Gasteiger partial charge in [0.15, 0.2) is 0 Å². The molecule has 0 unspecified atom stereocenters. The number of amides is 1. The Hall–Kier alpha value is -1.82. The highest BCUT2D eigenvalue weighted by atomic mass is 16.6. The first-order chi connectivity index (χ1) is 8.31. The van der Waals surface area contributed by atoms with E-state index >= 15 is 0 Å². The number of hydrogen-bond donors (Lipinski definition) is 2. The summed E-state index contributed by atoms with van der Waals surface area (Å²) in [5, 5.41) is 0. The van der Waals surface area contributed by atoms with E-state index < -0.39 is 5.60 Å². The Kier molecular flexibility index (Phi) is 4.49. The van der Waals surface area contributed by atoms with Crippen molar-refractivity contribution >= 4 is 11.8 Å². The van der Waals surface area contributed by atoms with Crippen molar-refractivity contribution in [1.82, 2.24) is 9.88 Å². The summed E-state index contributed by atoms with van der Waals surface area (Å²) in [5.41, 5.74) is 3.59. The molecular formula is C12H20N4O2. The maximum atomic E-state index is 11.8. The number of carbonyl (C=O) groups excluding carboxylic acids is 1. The van der Waals surface area contributed by atoms with Gasteiger partial charge in [-0.3, -0.25) is 10.8 Å². The number of ether oxygens (including phenoxy) is 1. The number of hydrogen-bond acceptors (Lipinski definition) is 5. The van der Waals surface area contributed by atoms with Gasteiger partial charge in [-0.25, -0.2) is 4.79 Å². The lowest BCUT2D eigenvalue weighted by atomic mass is 10.2. The molecule has 6 nitrogen and oxygen atoms in total. The Morgan fingerprint density at radius 3 is 2.72 bits per heavy atom. The van der Waals surface area contributed by atoms with Crippen LogP contribution in [0.4, 0.5) is 10.5 Å². The minimum Gasteiger partial charge on any atom is -0.444 e. The van der Waals surface area contributed by atoms with Crippen molar-refractivity contribution in [2.24, 2.45) is 5.84 Å².